The number of hydrogen-bond donors (Lipinski definition) is 2. The fourth-order valence-electron chi connectivity index (χ4n) is 3.64. The number of anilines is 3. The molecular weight excluding hydrogens is 529 g/mol. The highest BCUT2D eigenvalue weighted by Crippen LogP contribution is 2.31. The molecule has 4 rings (SSSR count). The van der Waals surface area contributed by atoms with Gasteiger partial charge in [-0.1, -0.05) is 29.3 Å². The Hall–Kier alpha value is -4.14. The zero-order chi connectivity index (χ0) is 27.6. The lowest BCUT2D eigenvalue weighted by Crippen LogP contribution is -2.32. The molecule has 0 aromatic heterocycles. The molecule has 1 aliphatic heterocycles. The van der Waals surface area contributed by atoms with Crippen LogP contribution in [0.15, 0.2) is 77.5 Å². The molecule has 0 spiro atoms. The molecule has 0 fully saturated rings. The summed E-state index contributed by atoms with van der Waals surface area (Å²) in [7, 11) is 0. The van der Waals surface area contributed by atoms with Gasteiger partial charge < -0.3 is 15.4 Å². The standard InChI is InChI=1S/C28H23Cl2N3O5/c1-15(2)38-28(37)17-6-10-20(11-7-17)31-25(34)18-5-4-16(3)22(14-18)32-24-23(30)26(35)33(27(24)36)21-12-8-19(29)9-13-21/h4-15,32H,1-3H3,(H,31,34). The molecule has 0 radical (unpaired) electrons. The van der Waals surface area contributed by atoms with Crippen LogP contribution in [-0.2, 0) is 14.3 Å². The highest BCUT2D eigenvalue weighted by Gasteiger charge is 2.39. The molecule has 0 aliphatic carbocycles. The third-order valence-corrected chi connectivity index (χ3v) is 6.20. The zero-order valence-corrected chi connectivity index (χ0v) is 22.2. The summed E-state index contributed by atoms with van der Waals surface area (Å²) >= 11 is 12.2. The van der Waals surface area contributed by atoms with Gasteiger partial charge in [-0.05, 0) is 87.0 Å². The van der Waals surface area contributed by atoms with Crippen LogP contribution in [0.4, 0.5) is 17.1 Å². The van der Waals surface area contributed by atoms with E-state index >= 15 is 0 Å². The molecule has 8 nitrogen and oxygen atoms in total. The monoisotopic (exact) mass is 551 g/mol. The van der Waals surface area contributed by atoms with Crippen LogP contribution in [0.5, 0.6) is 0 Å². The summed E-state index contributed by atoms with van der Waals surface area (Å²) in [6.07, 6.45) is -0.241. The lowest BCUT2D eigenvalue weighted by molar-refractivity contribution is -0.120. The number of rotatable bonds is 7. The third-order valence-electron chi connectivity index (χ3n) is 5.59. The molecule has 194 valence electrons. The van der Waals surface area contributed by atoms with Gasteiger partial charge in [-0.15, -0.1) is 0 Å². The molecule has 0 unspecified atom stereocenters. The molecule has 3 aromatic rings. The average Bonchev–Trinajstić information content (AvgIpc) is 3.08. The number of carbonyl (C=O) groups excluding carboxylic acids is 4. The van der Waals surface area contributed by atoms with E-state index in [4.69, 9.17) is 27.9 Å². The molecular formula is C28H23Cl2N3O5. The molecule has 38 heavy (non-hydrogen) atoms. The van der Waals surface area contributed by atoms with Crippen LogP contribution >= 0.6 is 23.2 Å². The second-order valence-corrected chi connectivity index (χ2v) is 9.57. The SMILES string of the molecule is Cc1ccc(C(=O)Nc2ccc(C(=O)OC(C)C)cc2)cc1NC1=C(Cl)C(=O)N(c2ccc(Cl)cc2)C1=O. The summed E-state index contributed by atoms with van der Waals surface area (Å²) < 4.78 is 5.16. The number of esters is 1. The number of benzene rings is 3. The van der Waals surface area contributed by atoms with E-state index in [9.17, 15) is 19.2 Å². The van der Waals surface area contributed by atoms with E-state index < -0.39 is 23.7 Å². The summed E-state index contributed by atoms with van der Waals surface area (Å²) in [5.41, 5.74) is 2.51. The van der Waals surface area contributed by atoms with Crippen molar-refractivity contribution in [2.45, 2.75) is 26.9 Å². The van der Waals surface area contributed by atoms with Crippen molar-refractivity contribution in [2.24, 2.45) is 0 Å². The van der Waals surface area contributed by atoms with E-state index in [1.807, 2.05) is 0 Å². The molecule has 0 saturated heterocycles. The quantitative estimate of drug-likeness (QED) is 0.279. The van der Waals surface area contributed by atoms with Crippen LogP contribution in [0.25, 0.3) is 0 Å². The van der Waals surface area contributed by atoms with Gasteiger partial charge in [0.05, 0.1) is 17.4 Å². The number of imide groups is 1. The number of nitrogens with zero attached hydrogens (tertiary/aromatic N) is 1. The molecule has 0 atom stereocenters. The fourth-order valence-corrected chi connectivity index (χ4v) is 3.98. The lowest BCUT2D eigenvalue weighted by atomic mass is 10.1. The fraction of sp³-hybridized carbons (Fsp3) is 0.143. The predicted octanol–water partition coefficient (Wildman–Crippen LogP) is 5.90. The summed E-state index contributed by atoms with van der Waals surface area (Å²) in [5, 5.41) is 5.88. The highest BCUT2D eigenvalue weighted by molar-refractivity contribution is 6.53. The Morgan fingerprint density at radius 1 is 0.868 bits per heavy atom. The van der Waals surface area contributed by atoms with Gasteiger partial charge in [0.1, 0.15) is 10.7 Å². The van der Waals surface area contributed by atoms with Crippen LogP contribution in [0.2, 0.25) is 5.02 Å². The van der Waals surface area contributed by atoms with Gasteiger partial charge in [0.2, 0.25) is 0 Å². The molecule has 0 saturated carbocycles. The Balaban J connectivity index is 1.50. The van der Waals surface area contributed by atoms with Gasteiger partial charge in [-0.2, -0.15) is 0 Å². The maximum atomic E-state index is 13.1. The molecule has 10 heteroatoms. The summed E-state index contributed by atoms with van der Waals surface area (Å²) in [6.45, 7) is 5.31. The summed E-state index contributed by atoms with van der Waals surface area (Å²) in [6, 6.07) is 17.4. The van der Waals surface area contributed by atoms with E-state index in [0.717, 1.165) is 10.5 Å². The first-order valence-corrected chi connectivity index (χ1v) is 12.3. The van der Waals surface area contributed by atoms with Crippen LogP contribution in [-0.4, -0.2) is 29.8 Å². The first-order chi connectivity index (χ1) is 18.0. The zero-order valence-electron chi connectivity index (χ0n) is 20.7. The average molecular weight is 552 g/mol. The summed E-state index contributed by atoms with van der Waals surface area (Å²) in [5.74, 6) is -2.17. The molecule has 1 aliphatic rings. The van der Waals surface area contributed by atoms with E-state index in [1.54, 1.807) is 87.5 Å². The number of hydrogen-bond acceptors (Lipinski definition) is 6. The molecule has 1 heterocycles. The van der Waals surface area contributed by atoms with Gasteiger partial charge in [0.25, 0.3) is 17.7 Å². The van der Waals surface area contributed by atoms with Crippen LogP contribution < -0.4 is 15.5 Å². The second kappa shape index (κ2) is 11.1. The van der Waals surface area contributed by atoms with Crippen molar-refractivity contribution >= 4 is 64.0 Å². The predicted molar refractivity (Wildman–Crippen MR) is 147 cm³/mol. The molecule has 2 N–H and O–H groups in total. The van der Waals surface area contributed by atoms with Crippen molar-refractivity contribution in [1.82, 2.24) is 0 Å². The Kier molecular flexibility index (Phi) is 7.85. The number of carbonyl (C=O) groups is 4. The topological polar surface area (TPSA) is 105 Å². The number of nitrogens with one attached hydrogen (secondary N) is 2. The van der Waals surface area contributed by atoms with Gasteiger partial charge in [-0.25, -0.2) is 9.69 Å². The first kappa shape index (κ1) is 26.9. The molecule has 3 aromatic carbocycles. The van der Waals surface area contributed by atoms with Gasteiger partial charge in [0.15, 0.2) is 0 Å². The minimum absolute atomic E-state index is 0.101. The van der Waals surface area contributed by atoms with Crippen molar-refractivity contribution < 1.29 is 23.9 Å². The number of amides is 3. The Bertz CT molecular complexity index is 1460. The van der Waals surface area contributed by atoms with E-state index in [0.29, 0.717) is 33.2 Å². The van der Waals surface area contributed by atoms with Crippen molar-refractivity contribution in [1.29, 1.82) is 0 Å². The van der Waals surface area contributed by atoms with Crippen LogP contribution in [0, 0.1) is 6.92 Å². The third kappa shape index (κ3) is 5.72. The van der Waals surface area contributed by atoms with E-state index in [1.165, 1.54) is 0 Å². The lowest BCUT2D eigenvalue weighted by Gasteiger charge is -2.16. The normalized spacial score (nSPS) is 13.3. The Morgan fingerprint density at radius 2 is 1.50 bits per heavy atom. The number of aryl methyl sites for hydroxylation is 1. The van der Waals surface area contributed by atoms with E-state index in [-0.39, 0.29) is 16.8 Å². The second-order valence-electron chi connectivity index (χ2n) is 8.75. The van der Waals surface area contributed by atoms with Crippen molar-refractivity contribution in [3.05, 3.63) is 99.2 Å². The van der Waals surface area contributed by atoms with Crippen LogP contribution in [0.1, 0.15) is 40.1 Å². The smallest absolute Gasteiger partial charge is 0.338 e. The van der Waals surface area contributed by atoms with Crippen molar-refractivity contribution in [2.75, 3.05) is 15.5 Å². The molecule has 3 amide bonds. The number of halogens is 2. The largest absolute Gasteiger partial charge is 0.459 e. The maximum absolute atomic E-state index is 13.1. The molecule has 0 bridgehead atoms. The van der Waals surface area contributed by atoms with Gasteiger partial charge in [-0.3, -0.25) is 14.4 Å². The van der Waals surface area contributed by atoms with Gasteiger partial charge in [0, 0.05) is 22.0 Å². The Morgan fingerprint density at radius 3 is 2.13 bits per heavy atom. The Labute approximate surface area is 229 Å². The van der Waals surface area contributed by atoms with Crippen molar-refractivity contribution in [3.8, 4) is 0 Å². The van der Waals surface area contributed by atoms with Gasteiger partial charge >= 0.3 is 5.97 Å². The highest BCUT2D eigenvalue weighted by atomic mass is 35.5. The minimum atomic E-state index is -0.672. The number of ether oxygens (including phenoxy) is 1. The first-order valence-electron chi connectivity index (χ1n) is 11.6. The van der Waals surface area contributed by atoms with Crippen molar-refractivity contribution in [3.63, 3.8) is 0 Å². The van der Waals surface area contributed by atoms with E-state index in [2.05, 4.69) is 10.6 Å². The maximum Gasteiger partial charge on any atom is 0.338 e. The summed E-state index contributed by atoms with van der Waals surface area (Å²) in [4.78, 5) is 51.7. The van der Waals surface area contributed by atoms with Crippen LogP contribution in [0.3, 0.4) is 0 Å². The minimum Gasteiger partial charge on any atom is -0.459 e.